The number of anilines is 1. The molecule has 3 heterocycles. The number of amides is 3. The quantitative estimate of drug-likeness (QED) is 0.356. The number of fused-ring (bicyclic) bond motifs is 1. The highest BCUT2D eigenvalue weighted by Gasteiger charge is 2.77. The van der Waals surface area contributed by atoms with Crippen LogP contribution < -0.4 is 9.64 Å². The van der Waals surface area contributed by atoms with Gasteiger partial charge in [-0.1, -0.05) is 26.0 Å². The van der Waals surface area contributed by atoms with Crippen molar-refractivity contribution >= 4 is 35.2 Å². The van der Waals surface area contributed by atoms with E-state index in [1.54, 1.807) is 38.6 Å². The molecular weight excluding hydrogens is 550 g/mol. The van der Waals surface area contributed by atoms with E-state index in [1.807, 2.05) is 58.9 Å². The van der Waals surface area contributed by atoms with Crippen molar-refractivity contribution < 1.29 is 24.2 Å². The van der Waals surface area contributed by atoms with Crippen LogP contribution in [-0.2, 0) is 14.4 Å². The van der Waals surface area contributed by atoms with E-state index in [0.717, 1.165) is 12.2 Å². The smallest absolute Gasteiger partial charge is 0.247 e. The lowest BCUT2D eigenvalue weighted by Crippen LogP contribution is -2.62. The molecule has 0 aromatic heterocycles. The molecule has 3 saturated heterocycles. The number of aliphatic hydroxyl groups excluding tert-OH is 1. The maximum absolute atomic E-state index is 14.6. The van der Waals surface area contributed by atoms with Gasteiger partial charge in [0.1, 0.15) is 11.8 Å². The summed E-state index contributed by atoms with van der Waals surface area (Å²) in [6.07, 6.45) is 4.64. The molecule has 230 valence electrons. The summed E-state index contributed by atoms with van der Waals surface area (Å²) in [6, 6.07) is 6.09. The zero-order chi connectivity index (χ0) is 31.0. The fraction of sp³-hybridized carbons (Fsp3) is 0.606. The van der Waals surface area contributed by atoms with Crippen LogP contribution in [0.15, 0.2) is 49.6 Å². The number of carbonyl (C=O) groups is 3. The van der Waals surface area contributed by atoms with Crippen LogP contribution in [-0.4, -0.2) is 86.6 Å². The molecule has 0 radical (unpaired) electrons. The lowest BCUT2D eigenvalue weighted by Gasteiger charge is -2.45. The van der Waals surface area contributed by atoms with E-state index >= 15 is 0 Å². The molecule has 0 aliphatic carbocycles. The molecular formula is C33H47N3O5S. The number of likely N-dealkylation sites (tertiary alicyclic amines) is 1. The van der Waals surface area contributed by atoms with Crippen LogP contribution in [0.5, 0.6) is 5.75 Å². The van der Waals surface area contributed by atoms with Crippen molar-refractivity contribution in [2.75, 3.05) is 31.2 Å². The van der Waals surface area contributed by atoms with Gasteiger partial charge in [0.2, 0.25) is 17.7 Å². The van der Waals surface area contributed by atoms with Crippen LogP contribution in [0.2, 0.25) is 0 Å². The van der Waals surface area contributed by atoms with Crippen molar-refractivity contribution in [1.29, 1.82) is 0 Å². The third-order valence-electron chi connectivity index (χ3n) is 9.20. The molecule has 1 aromatic rings. The fourth-order valence-corrected chi connectivity index (χ4v) is 9.72. The van der Waals surface area contributed by atoms with Crippen molar-refractivity contribution in [3.8, 4) is 5.75 Å². The lowest BCUT2D eigenvalue weighted by molar-refractivity contribution is -0.148. The van der Waals surface area contributed by atoms with E-state index in [2.05, 4.69) is 20.1 Å². The van der Waals surface area contributed by atoms with Gasteiger partial charge in [0, 0.05) is 29.6 Å². The molecule has 0 saturated carbocycles. The minimum absolute atomic E-state index is 0.0320. The SMILES string of the molecule is C=CCN(C(=O)[C@@H]1[C@H]2C(=O)N([C@@H](CC)CO)C(C(=O)N(CC=C)C(C)(C)C)C23S[C@@H]1CC3C)c1ccc(OCC)cc1. The zero-order valence-corrected chi connectivity index (χ0v) is 26.7. The van der Waals surface area contributed by atoms with E-state index < -0.39 is 34.2 Å². The Kier molecular flexibility index (Phi) is 9.53. The average Bonchev–Trinajstić information content (AvgIpc) is 3.54. The van der Waals surface area contributed by atoms with Gasteiger partial charge in [-0.2, -0.15) is 0 Å². The number of thioether (sulfide) groups is 1. The maximum atomic E-state index is 14.6. The van der Waals surface area contributed by atoms with Crippen LogP contribution in [0.4, 0.5) is 5.69 Å². The summed E-state index contributed by atoms with van der Waals surface area (Å²) < 4.78 is 4.82. The molecule has 3 aliphatic rings. The summed E-state index contributed by atoms with van der Waals surface area (Å²) in [5.41, 5.74) is 0.198. The highest BCUT2D eigenvalue weighted by molar-refractivity contribution is 8.02. The van der Waals surface area contributed by atoms with E-state index in [1.165, 1.54) is 0 Å². The number of benzene rings is 1. The molecule has 3 amide bonds. The van der Waals surface area contributed by atoms with Crippen LogP contribution in [0, 0.1) is 17.8 Å². The number of rotatable bonds is 12. The van der Waals surface area contributed by atoms with Crippen molar-refractivity contribution in [3.63, 3.8) is 0 Å². The molecule has 7 atom stereocenters. The van der Waals surface area contributed by atoms with Gasteiger partial charge < -0.3 is 24.5 Å². The van der Waals surface area contributed by atoms with E-state index in [4.69, 9.17) is 4.74 Å². The van der Waals surface area contributed by atoms with Gasteiger partial charge in [-0.3, -0.25) is 14.4 Å². The molecule has 3 unspecified atom stereocenters. The Morgan fingerprint density at radius 2 is 1.81 bits per heavy atom. The fourth-order valence-electron chi connectivity index (χ4n) is 7.32. The molecule has 9 heteroatoms. The predicted molar refractivity (Wildman–Crippen MR) is 168 cm³/mol. The van der Waals surface area contributed by atoms with Gasteiger partial charge in [-0.05, 0) is 70.7 Å². The van der Waals surface area contributed by atoms with Crippen LogP contribution >= 0.6 is 11.8 Å². The highest BCUT2D eigenvalue weighted by atomic mass is 32.2. The molecule has 1 spiro atoms. The Balaban J connectivity index is 1.81. The Bertz CT molecular complexity index is 1190. The molecule has 1 N–H and O–H groups in total. The maximum Gasteiger partial charge on any atom is 0.247 e. The number of nitrogens with zero attached hydrogens (tertiary/aromatic N) is 3. The van der Waals surface area contributed by atoms with Gasteiger partial charge in [-0.15, -0.1) is 24.9 Å². The Hall–Kier alpha value is -2.78. The van der Waals surface area contributed by atoms with Crippen molar-refractivity contribution in [1.82, 2.24) is 9.80 Å². The van der Waals surface area contributed by atoms with Crippen molar-refractivity contribution in [2.45, 2.75) is 82.0 Å². The molecule has 42 heavy (non-hydrogen) atoms. The number of carbonyl (C=O) groups excluding carboxylic acids is 3. The third kappa shape index (κ3) is 5.17. The summed E-state index contributed by atoms with van der Waals surface area (Å²) in [5.74, 6) is -0.990. The van der Waals surface area contributed by atoms with E-state index in [0.29, 0.717) is 31.8 Å². The van der Waals surface area contributed by atoms with Crippen LogP contribution in [0.3, 0.4) is 0 Å². The topological polar surface area (TPSA) is 90.4 Å². The minimum atomic E-state index is -0.785. The van der Waals surface area contributed by atoms with E-state index in [-0.39, 0.29) is 35.5 Å². The van der Waals surface area contributed by atoms with Gasteiger partial charge in [0.05, 0.1) is 35.8 Å². The molecule has 3 fully saturated rings. The normalized spacial score (nSPS) is 28.8. The standard InChI is InChI=1S/C33H47N3O5S/c1-9-17-34(23-13-15-24(16-14-23)41-12-4)29(38)26-25-19-21(5)33(42-25)27(26)30(39)36(22(11-3)20-37)28(33)31(40)35(18-10-2)32(6,7)8/h9-10,13-16,21-22,25-28,37H,1-2,11-12,17-20H2,3-8H3/t21?,22-,25+,26-,27-,28?,33?/m0/s1. The summed E-state index contributed by atoms with van der Waals surface area (Å²) in [7, 11) is 0. The van der Waals surface area contributed by atoms with Crippen LogP contribution in [0.1, 0.15) is 54.4 Å². The highest BCUT2D eigenvalue weighted by Crippen LogP contribution is 2.69. The second kappa shape index (κ2) is 12.4. The summed E-state index contributed by atoms with van der Waals surface area (Å²) >= 11 is 1.65. The first-order valence-electron chi connectivity index (χ1n) is 15.1. The number of hydrogen-bond donors (Lipinski definition) is 1. The predicted octanol–water partition coefficient (Wildman–Crippen LogP) is 4.53. The molecule has 4 rings (SSSR count). The second-order valence-corrected chi connectivity index (χ2v) is 14.2. The monoisotopic (exact) mass is 597 g/mol. The van der Waals surface area contributed by atoms with Crippen molar-refractivity contribution in [2.24, 2.45) is 17.8 Å². The van der Waals surface area contributed by atoms with Gasteiger partial charge in [0.25, 0.3) is 0 Å². The summed E-state index contributed by atoms with van der Waals surface area (Å²) in [4.78, 5) is 48.9. The summed E-state index contributed by atoms with van der Waals surface area (Å²) in [5, 5.41) is 10.3. The first-order valence-corrected chi connectivity index (χ1v) is 16.0. The van der Waals surface area contributed by atoms with Gasteiger partial charge in [0.15, 0.2) is 0 Å². The first kappa shape index (κ1) is 32.1. The zero-order valence-electron chi connectivity index (χ0n) is 25.9. The number of hydrogen-bond acceptors (Lipinski definition) is 6. The second-order valence-electron chi connectivity index (χ2n) is 12.6. The number of ether oxygens (including phenoxy) is 1. The Morgan fingerprint density at radius 3 is 2.33 bits per heavy atom. The number of aliphatic hydroxyl groups is 1. The lowest BCUT2D eigenvalue weighted by atomic mass is 9.65. The Labute approximate surface area is 255 Å². The molecule has 8 nitrogen and oxygen atoms in total. The average molecular weight is 598 g/mol. The van der Waals surface area contributed by atoms with Gasteiger partial charge in [-0.25, -0.2) is 0 Å². The van der Waals surface area contributed by atoms with Gasteiger partial charge >= 0.3 is 0 Å². The molecule has 1 aromatic carbocycles. The van der Waals surface area contributed by atoms with Crippen molar-refractivity contribution in [3.05, 3.63) is 49.6 Å². The molecule has 2 bridgehead atoms. The molecule has 3 aliphatic heterocycles. The first-order chi connectivity index (χ1) is 19.9. The minimum Gasteiger partial charge on any atom is -0.494 e. The van der Waals surface area contributed by atoms with Crippen LogP contribution in [0.25, 0.3) is 0 Å². The third-order valence-corrected chi connectivity index (χ3v) is 11.3. The van der Waals surface area contributed by atoms with E-state index in [9.17, 15) is 19.5 Å². The Morgan fingerprint density at radius 1 is 1.17 bits per heavy atom. The largest absolute Gasteiger partial charge is 0.494 e. The summed E-state index contributed by atoms with van der Waals surface area (Å²) in [6.45, 7) is 20.6.